The summed E-state index contributed by atoms with van der Waals surface area (Å²) < 4.78 is 7.80. The van der Waals surface area contributed by atoms with Gasteiger partial charge in [-0.3, -0.25) is 9.69 Å². The summed E-state index contributed by atoms with van der Waals surface area (Å²) in [7, 11) is 0. The molecule has 0 aliphatic carbocycles. The molecule has 0 radical (unpaired) electrons. The van der Waals surface area contributed by atoms with Crippen LogP contribution in [-0.4, -0.2) is 56.6 Å². The van der Waals surface area contributed by atoms with Gasteiger partial charge in [-0.25, -0.2) is 0 Å². The molecule has 0 bridgehead atoms. The van der Waals surface area contributed by atoms with Gasteiger partial charge in [0.2, 0.25) is 11.7 Å². The molecule has 3 aromatic heterocycles. The average Bonchev–Trinajstić information content (AvgIpc) is 3.62. The van der Waals surface area contributed by atoms with Crippen molar-refractivity contribution < 1.29 is 9.32 Å². The SMILES string of the molecule is Cc1cc(C(=O)N2CCN(C(C)c3nc(-c4ccccc4)no3)CC2)c(C)n1Cc1cccs1. The van der Waals surface area contributed by atoms with Crippen molar-refractivity contribution in [1.82, 2.24) is 24.5 Å². The van der Waals surface area contributed by atoms with Gasteiger partial charge in [-0.05, 0) is 38.3 Å². The molecule has 1 aliphatic rings. The van der Waals surface area contributed by atoms with Crippen molar-refractivity contribution in [3.63, 3.8) is 0 Å². The van der Waals surface area contributed by atoms with Crippen molar-refractivity contribution in [3.8, 4) is 11.4 Å². The van der Waals surface area contributed by atoms with Gasteiger partial charge in [0.15, 0.2) is 0 Å². The highest BCUT2D eigenvalue weighted by atomic mass is 32.1. The Bertz CT molecular complexity index is 1250. The Hall–Kier alpha value is -3.23. The zero-order chi connectivity index (χ0) is 23.7. The van der Waals surface area contributed by atoms with Crippen LogP contribution in [0.15, 0.2) is 58.4 Å². The Labute approximate surface area is 203 Å². The van der Waals surface area contributed by atoms with E-state index in [0.717, 1.165) is 42.1 Å². The molecule has 34 heavy (non-hydrogen) atoms. The van der Waals surface area contributed by atoms with Gasteiger partial charge < -0.3 is 14.0 Å². The number of carbonyl (C=O) groups excluding carboxylic acids is 1. The highest BCUT2D eigenvalue weighted by Gasteiger charge is 2.29. The van der Waals surface area contributed by atoms with Crippen molar-refractivity contribution in [1.29, 1.82) is 0 Å². The third kappa shape index (κ3) is 4.43. The summed E-state index contributed by atoms with van der Waals surface area (Å²) in [5, 5.41) is 6.24. The van der Waals surface area contributed by atoms with Gasteiger partial charge >= 0.3 is 0 Å². The van der Waals surface area contributed by atoms with E-state index in [1.165, 1.54) is 4.88 Å². The topological polar surface area (TPSA) is 67.4 Å². The zero-order valence-corrected chi connectivity index (χ0v) is 20.6. The average molecular weight is 476 g/mol. The van der Waals surface area contributed by atoms with Gasteiger partial charge in [0.1, 0.15) is 0 Å². The van der Waals surface area contributed by atoms with Crippen LogP contribution in [0, 0.1) is 13.8 Å². The van der Waals surface area contributed by atoms with E-state index in [1.807, 2.05) is 48.2 Å². The maximum absolute atomic E-state index is 13.4. The fraction of sp³-hybridized carbons (Fsp3) is 0.346. The molecule has 176 valence electrons. The number of nitrogens with zero attached hydrogens (tertiary/aromatic N) is 5. The first-order chi connectivity index (χ1) is 16.5. The molecule has 1 amide bonds. The van der Waals surface area contributed by atoms with Crippen LogP contribution in [0.3, 0.4) is 0 Å². The van der Waals surface area contributed by atoms with Crippen LogP contribution >= 0.6 is 11.3 Å². The van der Waals surface area contributed by atoms with Crippen LogP contribution < -0.4 is 0 Å². The minimum atomic E-state index is -0.00178. The molecule has 1 atom stereocenters. The highest BCUT2D eigenvalue weighted by molar-refractivity contribution is 7.09. The van der Waals surface area contributed by atoms with E-state index in [1.54, 1.807) is 11.3 Å². The van der Waals surface area contributed by atoms with Crippen molar-refractivity contribution in [2.75, 3.05) is 26.2 Å². The van der Waals surface area contributed by atoms with Crippen LogP contribution in [0.1, 0.15) is 45.5 Å². The van der Waals surface area contributed by atoms with E-state index in [9.17, 15) is 4.79 Å². The van der Waals surface area contributed by atoms with E-state index >= 15 is 0 Å². The molecule has 7 nitrogen and oxygen atoms in total. The lowest BCUT2D eigenvalue weighted by Gasteiger charge is -2.36. The molecule has 1 unspecified atom stereocenters. The molecule has 1 aliphatic heterocycles. The largest absolute Gasteiger partial charge is 0.343 e. The summed E-state index contributed by atoms with van der Waals surface area (Å²) in [6.07, 6.45) is 0. The quantitative estimate of drug-likeness (QED) is 0.401. The normalized spacial score (nSPS) is 15.6. The molecule has 0 N–H and O–H groups in total. The number of amides is 1. The second kappa shape index (κ2) is 9.56. The smallest absolute Gasteiger partial charge is 0.255 e. The molecular formula is C26H29N5O2S. The van der Waals surface area contributed by atoms with Crippen LogP contribution in [0.4, 0.5) is 0 Å². The number of hydrogen-bond donors (Lipinski definition) is 0. The first-order valence-electron chi connectivity index (χ1n) is 11.6. The van der Waals surface area contributed by atoms with E-state index in [-0.39, 0.29) is 11.9 Å². The lowest BCUT2D eigenvalue weighted by atomic mass is 10.1. The third-order valence-electron chi connectivity index (χ3n) is 6.68. The van der Waals surface area contributed by atoms with Crippen molar-refractivity contribution in [3.05, 3.63) is 81.6 Å². The van der Waals surface area contributed by atoms with Gasteiger partial charge in [0, 0.05) is 48.0 Å². The first-order valence-corrected chi connectivity index (χ1v) is 12.5. The maximum atomic E-state index is 13.4. The Morgan fingerprint density at radius 2 is 1.85 bits per heavy atom. The Kier molecular flexibility index (Phi) is 6.34. The van der Waals surface area contributed by atoms with Gasteiger partial charge in [-0.1, -0.05) is 41.6 Å². The molecule has 0 spiro atoms. The van der Waals surface area contributed by atoms with E-state index < -0.39 is 0 Å². The van der Waals surface area contributed by atoms with E-state index in [4.69, 9.17) is 4.52 Å². The van der Waals surface area contributed by atoms with E-state index in [2.05, 4.69) is 51.0 Å². The van der Waals surface area contributed by atoms with Gasteiger partial charge in [0.25, 0.3) is 5.91 Å². The number of aryl methyl sites for hydroxylation is 1. The molecule has 1 saturated heterocycles. The minimum absolute atomic E-state index is 0.00178. The summed E-state index contributed by atoms with van der Waals surface area (Å²) in [5.41, 5.74) is 3.90. The second-order valence-corrected chi connectivity index (χ2v) is 9.81. The summed E-state index contributed by atoms with van der Waals surface area (Å²) in [5.74, 6) is 1.33. The predicted molar refractivity (Wildman–Crippen MR) is 133 cm³/mol. The van der Waals surface area contributed by atoms with Gasteiger partial charge in [0.05, 0.1) is 18.2 Å². The Balaban J connectivity index is 1.22. The number of thiophene rings is 1. The molecule has 5 rings (SSSR count). The van der Waals surface area contributed by atoms with Gasteiger partial charge in [-0.2, -0.15) is 4.98 Å². The molecular weight excluding hydrogens is 446 g/mol. The third-order valence-corrected chi connectivity index (χ3v) is 7.54. The monoisotopic (exact) mass is 475 g/mol. The summed E-state index contributed by atoms with van der Waals surface area (Å²) in [6, 6.07) is 16.1. The number of carbonyl (C=O) groups is 1. The van der Waals surface area contributed by atoms with Crippen LogP contribution in [0.2, 0.25) is 0 Å². The number of benzene rings is 1. The highest BCUT2D eigenvalue weighted by Crippen LogP contribution is 2.25. The fourth-order valence-electron chi connectivity index (χ4n) is 4.57. The number of aromatic nitrogens is 3. The maximum Gasteiger partial charge on any atom is 0.255 e. The lowest BCUT2D eigenvalue weighted by molar-refractivity contribution is 0.0551. The molecule has 4 aromatic rings. The number of rotatable bonds is 6. The lowest BCUT2D eigenvalue weighted by Crippen LogP contribution is -2.49. The Morgan fingerprint density at radius 1 is 1.09 bits per heavy atom. The fourth-order valence-corrected chi connectivity index (χ4v) is 5.26. The van der Waals surface area contributed by atoms with Crippen LogP contribution in [-0.2, 0) is 6.54 Å². The van der Waals surface area contributed by atoms with Crippen LogP contribution in [0.25, 0.3) is 11.4 Å². The summed E-state index contributed by atoms with van der Waals surface area (Å²) >= 11 is 1.74. The molecule has 1 fully saturated rings. The Morgan fingerprint density at radius 3 is 2.56 bits per heavy atom. The van der Waals surface area contributed by atoms with Crippen LogP contribution in [0.5, 0.6) is 0 Å². The number of hydrogen-bond acceptors (Lipinski definition) is 6. The number of piperazine rings is 1. The molecule has 8 heteroatoms. The predicted octanol–water partition coefficient (Wildman–Crippen LogP) is 4.78. The standard InChI is InChI=1S/C26H29N5O2S/c1-18-16-23(19(2)31(18)17-22-10-7-15-34-22)26(32)30-13-11-29(12-14-30)20(3)25-27-24(28-33-25)21-8-5-4-6-9-21/h4-10,15-16,20H,11-14,17H2,1-3H3. The van der Waals surface area contributed by atoms with Gasteiger partial charge in [-0.15, -0.1) is 11.3 Å². The first kappa shape index (κ1) is 22.6. The minimum Gasteiger partial charge on any atom is -0.343 e. The molecule has 0 saturated carbocycles. The second-order valence-electron chi connectivity index (χ2n) is 8.78. The molecule has 4 heterocycles. The summed E-state index contributed by atoms with van der Waals surface area (Å²) in [6.45, 7) is 9.90. The summed E-state index contributed by atoms with van der Waals surface area (Å²) in [4.78, 5) is 23.5. The molecule has 1 aromatic carbocycles. The van der Waals surface area contributed by atoms with Crippen molar-refractivity contribution in [2.45, 2.75) is 33.4 Å². The zero-order valence-electron chi connectivity index (χ0n) is 19.8. The van der Waals surface area contributed by atoms with Crippen molar-refractivity contribution >= 4 is 17.2 Å². The van der Waals surface area contributed by atoms with E-state index in [0.29, 0.717) is 24.8 Å². The van der Waals surface area contributed by atoms with Crippen molar-refractivity contribution in [2.24, 2.45) is 0 Å².